The van der Waals surface area contributed by atoms with Crippen molar-refractivity contribution in [3.8, 4) is 5.75 Å². The molecule has 0 saturated carbocycles. The fourth-order valence-corrected chi connectivity index (χ4v) is 2.42. The lowest BCUT2D eigenvalue weighted by Gasteiger charge is -2.10. The van der Waals surface area contributed by atoms with Crippen LogP contribution in [0.4, 0.5) is 5.69 Å². The highest BCUT2D eigenvalue weighted by Gasteiger charge is 2.04. The van der Waals surface area contributed by atoms with Crippen LogP contribution in [0.3, 0.4) is 0 Å². The normalized spacial score (nSPS) is 10.6. The number of hydrogen-bond acceptors (Lipinski definition) is 4. The van der Waals surface area contributed by atoms with Gasteiger partial charge < -0.3 is 10.1 Å². The van der Waals surface area contributed by atoms with Gasteiger partial charge in [-0.25, -0.2) is 4.98 Å². The number of rotatable bonds is 4. The molecule has 0 bridgehead atoms. The molecule has 3 rings (SSSR count). The lowest BCUT2D eigenvalue weighted by molar-refractivity contribution is 0.415. The second-order valence-electron chi connectivity index (χ2n) is 4.55. The quantitative estimate of drug-likeness (QED) is 0.777. The van der Waals surface area contributed by atoms with Crippen LogP contribution in [0.15, 0.2) is 53.1 Å². The van der Waals surface area contributed by atoms with Gasteiger partial charge in [-0.05, 0) is 40.2 Å². The van der Waals surface area contributed by atoms with Crippen molar-refractivity contribution in [2.45, 2.75) is 6.54 Å². The Morgan fingerprint density at radius 2 is 1.95 bits per heavy atom. The molecule has 1 N–H and O–H groups in total. The van der Waals surface area contributed by atoms with Crippen molar-refractivity contribution in [3.05, 3.63) is 58.8 Å². The number of fused-ring (bicyclic) bond motifs is 1. The summed E-state index contributed by atoms with van der Waals surface area (Å²) in [5.41, 5.74) is 3.66. The summed E-state index contributed by atoms with van der Waals surface area (Å²) in [4.78, 5) is 9.00. The predicted octanol–water partition coefficient (Wildman–Crippen LogP) is 4.01. The van der Waals surface area contributed by atoms with Crippen molar-refractivity contribution >= 4 is 32.7 Å². The van der Waals surface area contributed by atoms with Gasteiger partial charge in [0.05, 0.1) is 42.3 Å². The first-order valence-electron chi connectivity index (χ1n) is 6.54. The molecule has 106 valence electrons. The average Bonchev–Trinajstić information content (AvgIpc) is 2.54. The minimum absolute atomic E-state index is 0.601. The first kappa shape index (κ1) is 13.8. The number of para-hydroxylation sites is 2. The maximum atomic E-state index is 5.23. The van der Waals surface area contributed by atoms with E-state index in [2.05, 4.69) is 31.2 Å². The van der Waals surface area contributed by atoms with Crippen molar-refractivity contribution in [2.24, 2.45) is 0 Å². The molecule has 0 fully saturated rings. The number of nitrogens with zero attached hydrogens (tertiary/aromatic N) is 2. The monoisotopic (exact) mass is 343 g/mol. The number of hydrogen-bond donors (Lipinski definition) is 1. The number of nitrogens with one attached hydrogen (secondary N) is 1. The molecular weight excluding hydrogens is 330 g/mol. The molecule has 0 atom stereocenters. The molecule has 1 aromatic heterocycles. The second kappa shape index (κ2) is 6.10. The molecule has 0 amide bonds. The number of aromatic nitrogens is 2. The molecule has 0 radical (unpaired) electrons. The van der Waals surface area contributed by atoms with Crippen molar-refractivity contribution in [3.63, 3.8) is 0 Å². The second-order valence-corrected chi connectivity index (χ2v) is 5.40. The van der Waals surface area contributed by atoms with Crippen LogP contribution in [0.2, 0.25) is 0 Å². The average molecular weight is 344 g/mol. The van der Waals surface area contributed by atoms with E-state index >= 15 is 0 Å². The molecule has 2 aromatic carbocycles. The third-order valence-electron chi connectivity index (χ3n) is 3.13. The van der Waals surface area contributed by atoms with Crippen LogP contribution in [0.1, 0.15) is 5.69 Å². The van der Waals surface area contributed by atoms with Gasteiger partial charge in [-0.15, -0.1) is 0 Å². The van der Waals surface area contributed by atoms with E-state index < -0.39 is 0 Å². The SMILES string of the molecule is COc1ccc(Br)c(NCc2cnc3ccccc3n2)c1. The molecule has 0 saturated heterocycles. The zero-order valence-electron chi connectivity index (χ0n) is 11.5. The van der Waals surface area contributed by atoms with Gasteiger partial charge in [-0.1, -0.05) is 12.1 Å². The Labute approximate surface area is 131 Å². The van der Waals surface area contributed by atoms with E-state index in [9.17, 15) is 0 Å². The topological polar surface area (TPSA) is 47.0 Å². The summed E-state index contributed by atoms with van der Waals surface area (Å²) < 4.78 is 6.21. The van der Waals surface area contributed by atoms with E-state index in [0.717, 1.165) is 32.6 Å². The summed E-state index contributed by atoms with van der Waals surface area (Å²) in [5, 5.41) is 3.34. The van der Waals surface area contributed by atoms with Gasteiger partial charge in [0.2, 0.25) is 0 Å². The number of halogens is 1. The maximum Gasteiger partial charge on any atom is 0.121 e. The van der Waals surface area contributed by atoms with Crippen LogP contribution < -0.4 is 10.1 Å². The summed E-state index contributed by atoms with van der Waals surface area (Å²) >= 11 is 3.52. The van der Waals surface area contributed by atoms with Crippen LogP contribution in [0.25, 0.3) is 11.0 Å². The zero-order chi connectivity index (χ0) is 14.7. The van der Waals surface area contributed by atoms with Gasteiger partial charge in [0.25, 0.3) is 0 Å². The molecule has 0 aliphatic heterocycles. The third kappa shape index (κ3) is 3.13. The first-order valence-corrected chi connectivity index (χ1v) is 7.33. The number of benzene rings is 2. The van der Waals surface area contributed by atoms with E-state index in [1.54, 1.807) is 13.3 Å². The Balaban J connectivity index is 1.80. The van der Waals surface area contributed by atoms with Gasteiger partial charge >= 0.3 is 0 Å². The predicted molar refractivity (Wildman–Crippen MR) is 87.6 cm³/mol. The Hall–Kier alpha value is -2.14. The molecule has 1 heterocycles. The molecule has 21 heavy (non-hydrogen) atoms. The molecule has 0 aliphatic carbocycles. The third-order valence-corrected chi connectivity index (χ3v) is 3.82. The van der Waals surface area contributed by atoms with Crippen LogP contribution in [0.5, 0.6) is 5.75 Å². The minimum Gasteiger partial charge on any atom is -0.497 e. The molecular formula is C16H14BrN3O. The molecule has 3 aromatic rings. The summed E-state index contributed by atoms with van der Waals surface area (Å²) in [5.74, 6) is 0.810. The van der Waals surface area contributed by atoms with Crippen molar-refractivity contribution in [1.82, 2.24) is 9.97 Å². The van der Waals surface area contributed by atoms with Crippen LogP contribution >= 0.6 is 15.9 Å². The van der Waals surface area contributed by atoms with Crippen LogP contribution in [-0.2, 0) is 6.54 Å². The molecule has 4 nitrogen and oxygen atoms in total. The van der Waals surface area contributed by atoms with Crippen LogP contribution in [0, 0.1) is 0 Å². The van der Waals surface area contributed by atoms with E-state index in [-0.39, 0.29) is 0 Å². The minimum atomic E-state index is 0.601. The molecule has 5 heteroatoms. The van der Waals surface area contributed by atoms with Crippen LogP contribution in [-0.4, -0.2) is 17.1 Å². The molecule has 0 aliphatic rings. The molecule has 0 spiro atoms. The largest absolute Gasteiger partial charge is 0.497 e. The number of anilines is 1. The summed E-state index contributed by atoms with van der Waals surface area (Å²) in [6.07, 6.45) is 1.80. The highest BCUT2D eigenvalue weighted by Crippen LogP contribution is 2.27. The smallest absolute Gasteiger partial charge is 0.121 e. The molecule has 0 unspecified atom stereocenters. The summed E-state index contributed by atoms with van der Waals surface area (Å²) in [6, 6.07) is 13.7. The summed E-state index contributed by atoms with van der Waals surface area (Å²) in [6.45, 7) is 0.601. The standard InChI is InChI=1S/C16H14BrN3O/c1-21-12-6-7-13(17)16(8-12)19-10-11-9-18-14-4-2-3-5-15(14)20-11/h2-9,19H,10H2,1H3. The fourth-order valence-electron chi connectivity index (χ4n) is 2.03. The van der Waals surface area contributed by atoms with Gasteiger partial charge in [0.1, 0.15) is 5.75 Å². The lowest BCUT2D eigenvalue weighted by Crippen LogP contribution is -2.03. The van der Waals surface area contributed by atoms with Crippen molar-refractivity contribution in [2.75, 3.05) is 12.4 Å². The van der Waals surface area contributed by atoms with Gasteiger partial charge in [0, 0.05) is 10.5 Å². The Morgan fingerprint density at radius 3 is 2.76 bits per heavy atom. The number of ether oxygens (including phenoxy) is 1. The van der Waals surface area contributed by atoms with E-state index in [4.69, 9.17) is 4.74 Å². The summed E-state index contributed by atoms with van der Waals surface area (Å²) in [7, 11) is 1.65. The van der Waals surface area contributed by atoms with Crippen molar-refractivity contribution in [1.29, 1.82) is 0 Å². The van der Waals surface area contributed by atoms with E-state index in [0.29, 0.717) is 6.54 Å². The first-order chi connectivity index (χ1) is 10.3. The van der Waals surface area contributed by atoms with Crippen molar-refractivity contribution < 1.29 is 4.74 Å². The zero-order valence-corrected chi connectivity index (χ0v) is 13.1. The lowest BCUT2D eigenvalue weighted by atomic mass is 10.2. The number of methoxy groups -OCH3 is 1. The Bertz CT molecular complexity index is 776. The Kier molecular flexibility index (Phi) is 4.01. The van der Waals surface area contributed by atoms with Gasteiger partial charge in [0.15, 0.2) is 0 Å². The van der Waals surface area contributed by atoms with E-state index in [1.807, 2.05) is 42.5 Å². The van der Waals surface area contributed by atoms with Gasteiger partial charge in [-0.3, -0.25) is 4.98 Å². The van der Waals surface area contributed by atoms with E-state index in [1.165, 1.54) is 0 Å². The fraction of sp³-hybridized carbons (Fsp3) is 0.125. The highest BCUT2D eigenvalue weighted by atomic mass is 79.9. The van der Waals surface area contributed by atoms with Gasteiger partial charge in [-0.2, -0.15) is 0 Å². The highest BCUT2D eigenvalue weighted by molar-refractivity contribution is 9.10. The Morgan fingerprint density at radius 1 is 1.14 bits per heavy atom. The maximum absolute atomic E-state index is 5.23.